The first-order valence-electron chi connectivity index (χ1n) is 15.6. The third-order valence-corrected chi connectivity index (χ3v) is 21.1. The van der Waals surface area contributed by atoms with Gasteiger partial charge in [-0.25, -0.2) is 0 Å². The highest BCUT2D eigenvalue weighted by atomic mass is 28.5. The SMILES string of the molecule is CO[Si](C)(CCCN1CCNCC1)O[Si](C)(CCCN1CCNCC1)O[Si](C)(CCCN1CCNCC1)OC. The fraction of sp³-hybridized carbons (Fsp3) is 1.00. The van der Waals surface area contributed by atoms with E-state index in [1.54, 1.807) is 0 Å². The molecule has 39 heavy (non-hydrogen) atoms. The summed E-state index contributed by atoms with van der Waals surface area (Å²) < 4.78 is 26.7. The lowest BCUT2D eigenvalue weighted by molar-refractivity contribution is 0.215. The zero-order valence-electron chi connectivity index (χ0n) is 25.8. The Labute approximate surface area is 242 Å². The minimum absolute atomic E-state index is 0.990. The molecule has 3 fully saturated rings. The largest absolute Gasteiger partial charge is 0.415 e. The maximum Gasteiger partial charge on any atom is 0.325 e. The zero-order valence-corrected chi connectivity index (χ0v) is 28.8. The van der Waals surface area contributed by atoms with Crippen molar-refractivity contribution in [3.05, 3.63) is 0 Å². The van der Waals surface area contributed by atoms with Crippen LogP contribution in [0.2, 0.25) is 37.8 Å². The number of hydrogen-bond acceptors (Lipinski definition) is 10. The summed E-state index contributed by atoms with van der Waals surface area (Å²) in [5, 5.41) is 10.4. The van der Waals surface area contributed by atoms with Gasteiger partial charge in [-0.1, -0.05) is 0 Å². The van der Waals surface area contributed by atoms with Crippen LogP contribution in [0.25, 0.3) is 0 Å². The van der Waals surface area contributed by atoms with Crippen LogP contribution >= 0.6 is 0 Å². The average Bonchev–Trinajstić information content (AvgIpc) is 2.94. The normalized spacial score (nSPS) is 25.2. The second kappa shape index (κ2) is 17.4. The van der Waals surface area contributed by atoms with Crippen LogP contribution in [0.5, 0.6) is 0 Å². The molecule has 0 aromatic carbocycles. The molecule has 0 aromatic rings. The van der Waals surface area contributed by atoms with Crippen LogP contribution in [-0.4, -0.2) is 153 Å². The van der Waals surface area contributed by atoms with Gasteiger partial charge in [0.25, 0.3) is 0 Å². The number of nitrogens with zero attached hydrogens (tertiary/aromatic N) is 3. The molecule has 3 saturated heterocycles. The highest BCUT2D eigenvalue weighted by Crippen LogP contribution is 2.30. The molecule has 230 valence electrons. The Bertz CT molecular complexity index is 632. The van der Waals surface area contributed by atoms with Crippen molar-refractivity contribution in [2.75, 3.05) is 112 Å². The van der Waals surface area contributed by atoms with Crippen LogP contribution in [0, 0.1) is 0 Å². The molecular formula is C26H60N6O4Si3. The molecule has 0 amide bonds. The molecule has 0 bridgehead atoms. The lowest BCUT2D eigenvalue weighted by atomic mass is 10.3. The molecule has 3 aliphatic heterocycles. The Morgan fingerprint density at radius 3 is 1.05 bits per heavy atom. The number of hydrogen-bond donors (Lipinski definition) is 3. The second-order valence-electron chi connectivity index (χ2n) is 12.1. The minimum Gasteiger partial charge on any atom is -0.415 e. The molecule has 0 spiro atoms. The predicted octanol–water partition coefficient (Wildman–Crippen LogP) is 1.41. The fourth-order valence-electron chi connectivity index (χ4n) is 6.10. The molecule has 3 heterocycles. The summed E-state index contributed by atoms with van der Waals surface area (Å²) in [5.74, 6) is 0. The summed E-state index contributed by atoms with van der Waals surface area (Å²) in [6, 6.07) is 3.00. The maximum atomic E-state index is 7.16. The Morgan fingerprint density at radius 1 is 0.487 bits per heavy atom. The first-order chi connectivity index (χ1) is 18.8. The quantitative estimate of drug-likeness (QED) is 0.200. The van der Waals surface area contributed by atoms with Crippen LogP contribution in [0.15, 0.2) is 0 Å². The van der Waals surface area contributed by atoms with E-state index in [1.165, 1.54) is 0 Å². The van der Waals surface area contributed by atoms with Crippen LogP contribution in [0.4, 0.5) is 0 Å². The van der Waals surface area contributed by atoms with Gasteiger partial charge in [-0.3, -0.25) is 0 Å². The third-order valence-electron chi connectivity index (χ3n) is 8.67. The average molecular weight is 605 g/mol. The topological polar surface area (TPSA) is 82.7 Å². The smallest absolute Gasteiger partial charge is 0.325 e. The van der Waals surface area contributed by atoms with Crippen LogP contribution in [0.1, 0.15) is 19.3 Å². The third kappa shape index (κ3) is 12.6. The summed E-state index contributed by atoms with van der Waals surface area (Å²) in [5.41, 5.74) is 0. The Morgan fingerprint density at radius 2 is 0.769 bits per heavy atom. The van der Waals surface area contributed by atoms with Gasteiger partial charge in [-0.2, -0.15) is 0 Å². The molecule has 13 heteroatoms. The van der Waals surface area contributed by atoms with Crippen molar-refractivity contribution >= 4 is 25.7 Å². The first-order valence-corrected chi connectivity index (χ1v) is 23.1. The van der Waals surface area contributed by atoms with Gasteiger partial charge in [-0.15, -0.1) is 0 Å². The summed E-state index contributed by atoms with van der Waals surface area (Å²) >= 11 is 0. The van der Waals surface area contributed by atoms with Gasteiger partial charge >= 0.3 is 25.7 Å². The second-order valence-corrected chi connectivity index (χ2v) is 22.9. The zero-order chi connectivity index (χ0) is 28.0. The van der Waals surface area contributed by atoms with E-state index < -0.39 is 25.7 Å². The van der Waals surface area contributed by atoms with E-state index in [-0.39, 0.29) is 0 Å². The van der Waals surface area contributed by atoms with E-state index >= 15 is 0 Å². The van der Waals surface area contributed by atoms with E-state index in [1.807, 2.05) is 14.2 Å². The molecule has 0 aromatic heterocycles. The van der Waals surface area contributed by atoms with Gasteiger partial charge in [0.1, 0.15) is 0 Å². The van der Waals surface area contributed by atoms with E-state index in [0.29, 0.717) is 0 Å². The Kier molecular flexibility index (Phi) is 15.0. The predicted molar refractivity (Wildman–Crippen MR) is 167 cm³/mol. The van der Waals surface area contributed by atoms with E-state index in [4.69, 9.17) is 17.1 Å². The van der Waals surface area contributed by atoms with Gasteiger partial charge in [-0.05, 0) is 76.7 Å². The maximum absolute atomic E-state index is 7.16. The molecule has 2 unspecified atom stereocenters. The van der Waals surface area contributed by atoms with Gasteiger partial charge in [0.15, 0.2) is 0 Å². The van der Waals surface area contributed by atoms with Crippen LogP contribution in [-0.2, 0) is 17.1 Å². The molecule has 3 rings (SSSR count). The van der Waals surface area contributed by atoms with Gasteiger partial charge in [0.05, 0.1) is 0 Å². The molecule has 0 saturated carbocycles. The Balaban J connectivity index is 1.59. The van der Waals surface area contributed by atoms with Crippen LogP contribution < -0.4 is 16.0 Å². The summed E-state index contributed by atoms with van der Waals surface area (Å²) in [4.78, 5) is 7.70. The van der Waals surface area contributed by atoms with Gasteiger partial charge < -0.3 is 47.7 Å². The highest BCUT2D eigenvalue weighted by molar-refractivity contribution is 6.85. The molecule has 10 nitrogen and oxygen atoms in total. The summed E-state index contributed by atoms with van der Waals surface area (Å²) in [6.45, 7) is 23.5. The standard InChI is InChI=1S/C26H60N6O4Si3/c1-33-37(3,24-6-15-30-18-9-27-10-19-30)35-39(5,26-8-17-32-22-13-29-14-23-32)36-38(4,34-2)25-7-16-31-20-11-28-12-21-31/h27-29H,6-26H2,1-5H3. The molecule has 2 atom stereocenters. The van der Waals surface area contributed by atoms with E-state index in [0.717, 1.165) is 136 Å². The fourth-order valence-corrected chi connectivity index (χ4v) is 19.1. The molecule has 0 radical (unpaired) electrons. The van der Waals surface area contributed by atoms with E-state index in [9.17, 15) is 0 Å². The molecule has 3 aliphatic rings. The minimum atomic E-state index is -2.54. The number of piperazine rings is 3. The molecule has 3 N–H and O–H groups in total. The van der Waals surface area contributed by atoms with Crippen molar-refractivity contribution in [3.63, 3.8) is 0 Å². The Hall–Kier alpha value is 0.251. The van der Waals surface area contributed by atoms with Crippen molar-refractivity contribution in [1.82, 2.24) is 30.7 Å². The molecular weight excluding hydrogens is 545 g/mol. The van der Waals surface area contributed by atoms with Crippen molar-refractivity contribution in [1.29, 1.82) is 0 Å². The summed E-state index contributed by atoms with van der Waals surface area (Å²) in [7, 11) is -3.60. The first kappa shape index (κ1) is 33.7. The summed E-state index contributed by atoms with van der Waals surface area (Å²) in [6.07, 6.45) is 3.34. The van der Waals surface area contributed by atoms with Crippen molar-refractivity contribution in [2.24, 2.45) is 0 Å². The highest BCUT2D eigenvalue weighted by Gasteiger charge is 2.47. The van der Waals surface area contributed by atoms with Gasteiger partial charge in [0, 0.05) is 92.8 Å². The number of rotatable bonds is 18. The lowest BCUT2D eigenvalue weighted by Gasteiger charge is -2.42. The van der Waals surface area contributed by atoms with Gasteiger partial charge in [0.2, 0.25) is 0 Å². The van der Waals surface area contributed by atoms with Crippen LogP contribution in [0.3, 0.4) is 0 Å². The van der Waals surface area contributed by atoms with Crippen molar-refractivity contribution < 1.29 is 17.1 Å². The number of nitrogens with one attached hydrogen (secondary N) is 3. The molecule has 0 aliphatic carbocycles. The van der Waals surface area contributed by atoms with Crippen molar-refractivity contribution in [3.8, 4) is 0 Å². The van der Waals surface area contributed by atoms with Crippen molar-refractivity contribution in [2.45, 2.75) is 57.0 Å². The monoisotopic (exact) mass is 604 g/mol. The van der Waals surface area contributed by atoms with E-state index in [2.05, 4.69) is 50.3 Å². The lowest BCUT2D eigenvalue weighted by Crippen LogP contribution is -2.58.